The number of ketones is 2. The Kier molecular flexibility index (Phi) is 3.03. The van der Waals surface area contributed by atoms with E-state index in [1.165, 1.54) is 12.0 Å². The monoisotopic (exact) mass is 300 g/mol. The number of fused-ring (bicyclic) bond motifs is 5. The van der Waals surface area contributed by atoms with Gasteiger partial charge in [-0.15, -0.1) is 0 Å². The molecule has 6 atom stereocenters. The fraction of sp³-hybridized carbons (Fsp3) is 0.800. The quantitative estimate of drug-likeness (QED) is 0.624. The zero-order valence-corrected chi connectivity index (χ0v) is 14.2. The van der Waals surface area contributed by atoms with Crippen molar-refractivity contribution < 1.29 is 9.59 Å². The lowest BCUT2D eigenvalue weighted by atomic mass is 9.46. The molecule has 0 radical (unpaired) electrons. The Labute approximate surface area is 133 Å². The van der Waals surface area contributed by atoms with Crippen LogP contribution in [0.25, 0.3) is 0 Å². The average Bonchev–Trinajstić information content (AvgIpc) is 2.77. The molecule has 2 nitrogen and oxygen atoms in total. The predicted molar refractivity (Wildman–Crippen MR) is 86.3 cm³/mol. The maximum atomic E-state index is 12.5. The van der Waals surface area contributed by atoms with Crippen molar-refractivity contribution in [1.29, 1.82) is 0 Å². The van der Waals surface area contributed by atoms with E-state index in [0.29, 0.717) is 41.7 Å². The topological polar surface area (TPSA) is 34.1 Å². The Balaban J connectivity index is 1.76. The summed E-state index contributed by atoms with van der Waals surface area (Å²) >= 11 is 0. The summed E-state index contributed by atoms with van der Waals surface area (Å²) in [5, 5.41) is 0. The van der Waals surface area contributed by atoms with Crippen molar-refractivity contribution in [1.82, 2.24) is 0 Å². The molecule has 0 aliphatic heterocycles. The molecule has 4 aliphatic carbocycles. The summed E-state index contributed by atoms with van der Waals surface area (Å²) in [5.74, 6) is 3.36. The molecule has 0 aromatic rings. The molecule has 0 saturated heterocycles. The molecule has 0 aromatic heterocycles. The predicted octanol–water partition coefficient (Wildman–Crippen LogP) is 4.33. The van der Waals surface area contributed by atoms with Gasteiger partial charge in [-0.1, -0.05) is 32.4 Å². The van der Waals surface area contributed by atoms with Crippen molar-refractivity contribution in [3.8, 4) is 0 Å². The van der Waals surface area contributed by atoms with Crippen LogP contribution in [0.4, 0.5) is 0 Å². The minimum absolute atomic E-state index is 0.0540. The van der Waals surface area contributed by atoms with Gasteiger partial charge in [-0.3, -0.25) is 9.59 Å². The molecular formula is C20H28O2. The maximum Gasteiger partial charge on any atom is 0.139 e. The number of allylic oxidation sites excluding steroid dienone is 2. The van der Waals surface area contributed by atoms with Gasteiger partial charge in [-0.25, -0.2) is 0 Å². The molecule has 0 aromatic carbocycles. The van der Waals surface area contributed by atoms with Crippen LogP contribution >= 0.6 is 0 Å². The third-order valence-corrected chi connectivity index (χ3v) is 7.98. The summed E-state index contributed by atoms with van der Waals surface area (Å²) in [5.41, 5.74) is 1.59. The highest BCUT2D eigenvalue weighted by atomic mass is 16.1. The first-order valence-electron chi connectivity index (χ1n) is 9.12. The number of carbonyl (C=O) groups excluding carboxylic acids is 2. The van der Waals surface area contributed by atoms with E-state index in [2.05, 4.69) is 26.8 Å². The molecule has 0 amide bonds. The van der Waals surface area contributed by atoms with Crippen molar-refractivity contribution >= 4 is 11.6 Å². The van der Waals surface area contributed by atoms with Crippen LogP contribution in [0, 0.1) is 34.5 Å². The lowest BCUT2D eigenvalue weighted by Crippen LogP contribution is -2.52. The van der Waals surface area contributed by atoms with Crippen LogP contribution in [0.5, 0.6) is 0 Å². The van der Waals surface area contributed by atoms with E-state index in [0.717, 1.165) is 32.1 Å². The van der Waals surface area contributed by atoms with E-state index in [9.17, 15) is 9.59 Å². The van der Waals surface area contributed by atoms with E-state index in [1.807, 2.05) is 0 Å². The van der Waals surface area contributed by atoms with Crippen LogP contribution in [0.3, 0.4) is 0 Å². The molecule has 0 unspecified atom stereocenters. The molecule has 2 heteroatoms. The average molecular weight is 300 g/mol. The van der Waals surface area contributed by atoms with E-state index in [1.54, 1.807) is 0 Å². The molecule has 3 saturated carbocycles. The summed E-state index contributed by atoms with van der Waals surface area (Å²) in [6.07, 6.45) is 9.03. The first-order chi connectivity index (χ1) is 10.4. The number of rotatable bonds is 0. The van der Waals surface area contributed by atoms with Gasteiger partial charge in [0, 0.05) is 24.7 Å². The highest BCUT2D eigenvalue weighted by Crippen LogP contribution is 2.64. The number of Topliss-reactive ketones (excluding diaryl/α,β-unsaturated/α-hetero) is 2. The molecule has 120 valence electrons. The lowest BCUT2D eigenvalue weighted by molar-refractivity contribution is -0.133. The summed E-state index contributed by atoms with van der Waals surface area (Å²) < 4.78 is 0. The Morgan fingerprint density at radius 1 is 1.00 bits per heavy atom. The molecule has 22 heavy (non-hydrogen) atoms. The molecule has 0 bridgehead atoms. The highest BCUT2D eigenvalue weighted by molar-refractivity contribution is 5.87. The standard InChI is InChI=1S/C20H28O2/c1-12-10-13-11-14(21)6-8-19(13,2)16-7-9-20(3)15(18(12)16)4-5-17(20)22/h10,12,15-16,18H,4-9,11H2,1-3H3/t12-,15+,16+,18+,19+,20+/m1/s1. The third-order valence-electron chi connectivity index (χ3n) is 7.98. The molecule has 4 rings (SSSR count). The Morgan fingerprint density at radius 2 is 1.73 bits per heavy atom. The van der Waals surface area contributed by atoms with Gasteiger partial charge in [0.25, 0.3) is 0 Å². The van der Waals surface area contributed by atoms with E-state index in [4.69, 9.17) is 0 Å². The normalized spacial score (nSPS) is 51.0. The van der Waals surface area contributed by atoms with Gasteiger partial charge in [-0.05, 0) is 54.8 Å². The minimum atomic E-state index is -0.0540. The Morgan fingerprint density at radius 3 is 2.50 bits per heavy atom. The number of hydrogen-bond donors (Lipinski definition) is 0. The zero-order valence-electron chi connectivity index (χ0n) is 14.2. The van der Waals surface area contributed by atoms with E-state index >= 15 is 0 Å². The smallest absolute Gasteiger partial charge is 0.139 e. The van der Waals surface area contributed by atoms with Crippen LogP contribution in [-0.2, 0) is 9.59 Å². The highest BCUT2D eigenvalue weighted by Gasteiger charge is 2.59. The van der Waals surface area contributed by atoms with Gasteiger partial charge in [0.05, 0.1) is 0 Å². The summed E-state index contributed by atoms with van der Waals surface area (Å²) in [7, 11) is 0. The lowest BCUT2D eigenvalue weighted by Gasteiger charge is -2.58. The van der Waals surface area contributed by atoms with Crippen molar-refractivity contribution in [2.75, 3.05) is 0 Å². The maximum absolute atomic E-state index is 12.5. The molecule has 0 heterocycles. The van der Waals surface area contributed by atoms with Crippen LogP contribution in [0.15, 0.2) is 11.6 Å². The first kappa shape index (κ1) is 14.7. The third kappa shape index (κ3) is 1.73. The second kappa shape index (κ2) is 4.55. The van der Waals surface area contributed by atoms with Gasteiger partial charge < -0.3 is 0 Å². The van der Waals surface area contributed by atoms with Gasteiger partial charge in [0.2, 0.25) is 0 Å². The Bertz CT molecular complexity index is 574. The Hall–Kier alpha value is -0.920. The van der Waals surface area contributed by atoms with Gasteiger partial charge in [-0.2, -0.15) is 0 Å². The molecular weight excluding hydrogens is 272 g/mol. The summed E-state index contributed by atoms with van der Waals surface area (Å²) in [6, 6.07) is 0. The van der Waals surface area contributed by atoms with Crippen molar-refractivity contribution in [2.45, 2.75) is 65.7 Å². The molecule has 0 N–H and O–H groups in total. The van der Waals surface area contributed by atoms with Crippen LogP contribution in [0.2, 0.25) is 0 Å². The van der Waals surface area contributed by atoms with Crippen LogP contribution in [0.1, 0.15) is 65.7 Å². The summed E-state index contributed by atoms with van der Waals surface area (Å²) in [4.78, 5) is 24.4. The minimum Gasteiger partial charge on any atom is -0.299 e. The van der Waals surface area contributed by atoms with Crippen LogP contribution in [-0.4, -0.2) is 11.6 Å². The molecule has 4 aliphatic rings. The second-order valence-corrected chi connectivity index (χ2v) is 8.89. The molecule has 0 spiro atoms. The SMILES string of the molecule is C[C@@H]1C=C2CC(=O)CC[C@]2(C)[C@H]2CC[C@]3(C)C(=O)CC[C@H]3[C@H]12. The van der Waals surface area contributed by atoms with Gasteiger partial charge in [0.1, 0.15) is 11.6 Å². The molecule has 3 fully saturated rings. The fourth-order valence-corrected chi connectivity index (χ4v) is 6.61. The number of hydrogen-bond acceptors (Lipinski definition) is 2. The second-order valence-electron chi connectivity index (χ2n) is 8.89. The van der Waals surface area contributed by atoms with Crippen LogP contribution < -0.4 is 0 Å². The van der Waals surface area contributed by atoms with E-state index in [-0.39, 0.29) is 10.8 Å². The van der Waals surface area contributed by atoms with Crippen molar-refractivity contribution in [3.05, 3.63) is 11.6 Å². The van der Waals surface area contributed by atoms with E-state index < -0.39 is 0 Å². The first-order valence-corrected chi connectivity index (χ1v) is 9.12. The van der Waals surface area contributed by atoms with Gasteiger partial charge in [0.15, 0.2) is 0 Å². The summed E-state index contributed by atoms with van der Waals surface area (Å²) in [6.45, 7) is 6.98. The zero-order chi connectivity index (χ0) is 15.7. The fourth-order valence-electron chi connectivity index (χ4n) is 6.61. The largest absolute Gasteiger partial charge is 0.299 e. The van der Waals surface area contributed by atoms with Gasteiger partial charge >= 0.3 is 0 Å². The van der Waals surface area contributed by atoms with Crippen molar-refractivity contribution in [2.24, 2.45) is 34.5 Å². The number of carbonyl (C=O) groups is 2. The van der Waals surface area contributed by atoms with Crippen molar-refractivity contribution in [3.63, 3.8) is 0 Å².